The molecule has 2 aromatic heterocycles. The second kappa shape index (κ2) is 5.67. The molecule has 0 bridgehead atoms. The number of aryl methyl sites for hydroxylation is 1. The number of hydrogen-bond donors (Lipinski definition) is 2. The molecule has 2 N–H and O–H groups in total. The van der Waals surface area contributed by atoms with E-state index in [2.05, 4.69) is 38.5 Å². The number of pyridine rings is 1. The van der Waals surface area contributed by atoms with Crippen molar-refractivity contribution in [1.82, 2.24) is 20.2 Å². The molecule has 0 aliphatic carbocycles. The molecule has 0 unspecified atom stereocenters. The molecule has 0 saturated heterocycles. The van der Waals surface area contributed by atoms with E-state index >= 15 is 0 Å². The molecule has 2 heterocycles. The summed E-state index contributed by atoms with van der Waals surface area (Å²) in [7, 11) is 0. The van der Waals surface area contributed by atoms with E-state index in [9.17, 15) is 0 Å². The number of aromatic amines is 1. The monoisotopic (exact) mass is 249 g/mol. The summed E-state index contributed by atoms with van der Waals surface area (Å²) in [5, 5.41) is 10.9. The Morgan fingerprint density at radius 1 is 1.47 bits per heavy atom. The van der Waals surface area contributed by atoms with E-state index in [1.807, 2.05) is 19.2 Å². The molecule has 5 nitrogen and oxygen atoms in total. The van der Waals surface area contributed by atoms with Gasteiger partial charge in [0.05, 0.1) is 0 Å². The second-order valence-corrected chi connectivity index (χ2v) is 4.51. The van der Waals surface area contributed by atoms with Crippen molar-refractivity contribution in [2.45, 2.75) is 24.8 Å². The van der Waals surface area contributed by atoms with Crippen LogP contribution in [0.1, 0.15) is 18.3 Å². The van der Waals surface area contributed by atoms with Gasteiger partial charge in [0.1, 0.15) is 11.6 Å². The minimum atomic E-state index is 0.782. The Balaban J connectivity index is 1.96. The predicted molar refractivity (Wildman–Crippen MR) is 69.1 cm³/mol. The van der Waals surface area contributed by atoms with Crippen LogP contribution in [0.25, 0.3) is 0 Å². The van der Waals surface area contributed by atoms with Gasteiger partial charge in [-0.05, 0) is 31.5 Å². The van der Waals surface area contributed by atoms with Crippen molar-refractivity contribution >= 4 is 17.6 Å². The van der Waals surface area contributed by atoms with Crippen LogP contribution in [0.4, 0.5) is 5.82 Å². The zero-order valence-corrected chi connectivity index (χ0v) is 10.7. The van der Waals surface area contributed by atoms with E-state index < -0.39 is 0 Å². The smallest absolute Gasteiger partial charge is 0.208 e. The molecule has 17 heavy (non-hydrogen) atoms. The molecule has 2 aromatic rings. The van der Waals surface area contributed by atoms with Gasteiger partial charge in [0.2, 0.25) is 5.16 Å². The molecule has 2 rings (SSSR count). The summed E-state index contributed by atoms with van der Waals surface area (Å²) in [6.07, 6.45) is 1.82. The topological polar surface area (TPSA) is 66.5 Å². The van der Waals surface area contributed by atoms with Crippen LogP contribution < -0.4 is 5.32 Å². The van der Waals surface area contributed by atoms with Crippen LogP contribution in [0.2, 0.25) is 0 Å². The zero-order chi connectivity index (χ0) is 12.1. The van der Waals surface area contributed by atoms with E-state index in [1.165, 1.54) is 5.56 Å². The highest BCUT2D eigenvalue weighted by Crippen LogP contribution is 2.19. The van der Waals surface area contributed by atoms with Crippen molar-refractivity contribution in [3.8, 4) is 0 Å². The standard InChI is InChI=1S/C11H15N5S/c1-3-12-10-6-9(4-5-13-10)7-17-11-14-8(2)15-16-11/h4-6H,3,7H2,1-2H3,(H,12,13)(H,14,15,16). The molecule has 90 valence electrons. The Kier molecular flexibility index (Phi) is 3.98. The highest BCUT2D eigenvalue weighted by Gasteiger charge is 2.02. The van der Waals surface area contributed by atoms with Crippen molar-refractivity contribution in [3.63, 3.8) is 0 Å². The highest BCUT2D eigenvalue weighted by molar-refractivity contribution is 7.98. The molecule has 0 spiro atoms. The van der Waals surface area contributed by atoms with E-state index in [4.69, 9.17) is 0 Å². The molecule has 0 aromatic carbocycles. The summed E-state index contributed by atoms with van der Waals surface area (Å²) in [5.41, 5.74) is 1.21. The normalized spacial score (nSPS) is 10.5. The van der Waals surface area contributed by atoms with Crippen molar-refractivity contribution in [1.29, 1.82) is 0 Å². The number of aromatic nitrogens is 4. The van der Waals surface area contributed by atoms with Crippen molar-refractivity contribution in [2.75, 3.05) is 11.9 Å². The average Bonchev–Trinajstić information content (AvgIpc) is 2.74. The Bertz CT molecular complexity index is 482. The largest absolute Gasteiger partial charge is 0.370 e. The van der Waals surface area contributed by atoms with E-state index in [0.29, 0.717) is 0 Å². The van der Waals surface area contributed by atoms with Gasteiger partial charge in [0.25, 0.3) is 0 Å². The third kappa shape index (κ3) is 3.45. The van der Waals surface area contributed by atoms with Gasteiger partial charge in [-0.1, -0.05) is 11.8 Å². The Labute approximate surface area is 104 Å². The molecular weight excluding hydrogens is 234 g/mol. The number of rotatable bonds is 5. The van der Waals surface area contributed by atoms with Gasteiger partial charge in [0.15, 0.2) is 0 Å². The molecule has 0 radical (unpaired) electrons. The lowest BCUT2D eigenvalue weighted by molar-refractivity contribution is 0.969. The maximum Gasteiger partial charge on any atom is 0.208 e. The first-order valence-electron chi connectivity index (χ1n) is 5.48. The minimum Gasteiger partial charge on any atom is -0.370 e. The quantitative estimate of drug-likeness (QED) is 0.795. The number of nitrogens with zero attached hydrogens (tertiary/aromatic N) is 3. The molecular formula is C11H15N5S. The van der Waals surface area contributed by atoms with Gasteiger partial charge in [-0.15, -0.1) is 5.10 Å². The number of nitrogens with one attached hydrogen (secondary N) is 2. The van der Waals surface area contributed by atoms with Crippen LogP contribution in [0.15, 0.2) is 23.5 Å². The number of thioether (sulfide) groups is 1. The first-order valence-corrected chi connectivity index (χ1v) is 6.47. The fraction of sp³-hybridized carbons (Fsp3) is 0.364. The second-order valence-electron chi connectivity index (χ2n) is 3.57. The molecule has 0 aliphatic rings. The summed E-state index contributed by atoms with van der Waals surface area (Å²) in [6.45, 7) is 4.83. The summed E-state index contributed by atoms with van der Waals surface area (Å²) in [6, 6.07) is 4.06. The minimum absolute atomic E-state index is 0.782. The molecule has 0 amide bonds. The van der Waals surface area contributed by atoms with Gasteiger partial charge in [-0.2, -0.15) is 0 Å². The highest BCUT2D eigenvalue weighted by atomic mass is 32.2. The van der Waals surface area contributed by atoms with Crippen molar-refractivity contribution in [3.05, 3.63) is 29.7 Å². The number of anilines is 1. The van der Waals surface area contributed by atoms with E-state index in [1.54, 1.807) is 11.8 Å². The lowest BCUT2D eigenvalue weighted by Crippen LogP contribution is -1.99. The lowest BCUT2D eigenvalue weighted by Gasteiger charge is -2.04. The van der Waals surface area contributed by atoms with Crippen molar-refractivity contribution < 1.29 is 0 Å². The van der Waals surface area contributed by atoms with Crippen LogP contribution in [-0.2, 0) is 5.75 Å². The molecule has 0 saturated carbocycles. The van der Waals surface area contributed by atoms with Gasteiger partial charge < -0.3 is 5.32 Å². The fourth-order valence-electron chi connectivity index (χ4n) is 1.38. The fourth-order valence-corrected chi connectivity index (χ4v) is 2.16. The Hall–Kier alpha value is -1.56. The van der Waals surface area contributed by atoms with Crippen LogP contribution in [-0.4, -0.2) is 26.7 Å². The maximum atomic E-state index is 4.25. The number of hydrogen-bond acceptors (Lipinski definition) is 5. The first-order chi connectivity index (χ1) is 8.28. The van der Waals surface area contributed by atoms with Gasteiger partial charge in [-0.3, -0.25) is 5.10 Å². The first kappa shape index (κ1) is 11.9. The van der Waals surface area contributed by atoms with Gasteiger partial charge in [-0.25, -0.2) is 9.97 Å². The number of H-pyrrole nitrogens is 1. The third-order valence-electron chi connectivity index (χ3n) is 2.13. The molecule has 0 atom stereocenters. The van der Waals surface area contributed by atoms with E-state index in [-0.39, 0.29) is 0 Å². The third-order valence-corrected chi connectivity index (χ3v) is 3.05. The van der Waals surface area contributed by atoms with Crippen LogP contribution in [0.3, 0.4) is 0 Å². The van der Waals surface area contributed by atoms with Crippen LogP contribution >= 0.6 is 11.8 Å². The van der Waals surface area contributed by atoms with E-state index in [0.717, 1.165) is 29.1 Å². The van der Waals surface area contributed by atoms with Gasteiger partial charge in [0, 0.05) is 18.5 Å². The van der Waals surface area contributed by atoms with Crippen LogP contribution in [0, 0.1) is 6.92 Å². The summed E-state index contributed by atoms with van der Waals surface area (Å²) < 4.78 is 0. The molecule has 6 heteroatoms. The molecule has 0 fully saturated rings. The Morgan fingerprint density at radius 2 is 2.35 bits per heavy atom. The van der Waals surface area contributed by atoms with Gasteiger partial charge >= 0.3 is 0 Å². The summed E-state index contributed by atoms with van der Waals surface area (Å²) in [5.74, 6) is 2.60. The maximum absolute atomic E-state index is 4.25. The zero-order valence-electron chi connectivity index (χ0n) is 9.90. The predicted octanol–water partition coefficient (Wildman–Crippen LogP) is 2.23. The molecule has 0 aliphatic heterocycles. The van der Waals surface area contributed by atoms with Crippen molar-refractivity contribution in [2.24, 2.45) is 0 Å². The summed E-state index contributed by atoms with van der Waals surface area (Å²) >= 11 is 1.61. The Morgan fingerprint density at radius 3 is 3.06 bits per heavy atom. The lowest BCUT2D eigenvalue weighted by atomic mass is 10.3. The average molecular weight is 249 g/mol. The SMILES string of the molecule is CCNc1cc(CSc2n[nH]c(C)n2)ccn1. The van der Waals surface area contributed by atoms with Crippen LogP contribution in [0.5, 0.6) is 0 Å². The summed E-state index contributed by atoms with van der Waals surface area (Å²) in [4.78, 5) is 8.48.